The molecule has 0 radical (unpaired) electrons. The van der Waals surface area contributed by atoms with Crippen LogP contribution in [0.4, 0.5) is 0 Å². The maximum Gasteiger partial charge on any atom is 0.307 e. The van der Waals surface area contributed by atoms with E-state index < -0.39 is 17.8 Å². The lowest BCUT2D eigenvalue weighted by Gasteiger charge is -2.28. The maximum absolute atomic E-state index is 12.4. The zero-order valence-corrected chi connectivity index (χ0v) is 11.6. The first-order valence-corrected chi connectivity index (χ1v) is 7.12. The Hall–Kier alpha value is -1.62. The summed E-state index contributed by atoms with van der Waals surface area (Å²) in [6.45, 7) is 0.545. The van der Waals surface area contributed by atoms with Gasteiger partial charge in [-0.3, -0.25) is 9.59 Å². The van der Waals surface area contributed by atoms with Crippen molar-refractivity contribution in [2.24, 2.45) is 11.8 Å². The molecule has 1 aromatic heterocycles. The zero-order valence-electron chi connectivity index (χ0n) is 10.8. The number of carboxylic acids is 1. The van der Waals surface area contributed by atoms with Gasteiger partial charge in [-0.05, 0) is 24.3 Å². The van der Waals surface area contributed by atoms with Crippen LogP contribution in [0.15, 0.2) is 29.7 Å². The summed E-state index contributed by atoms with van der Waals surface area (Å²) >= 11 is 1.60. The minimum absolute atomic E-state index is 0.0786. The van der Waals surface area contributed by atoms with Crippen molar-refractivity contribution in [3.8, 4) is 0 Å². The molecule has 0 saturated carbocycles. The highest BCUT2D eigenvalue weighted by atomic mass is 32.1. The number of carboxylic acid groups (broad SMARTS) is 1. The standard InChI is InChI=1S/C14H17NO3S/c1-15(9-10-5-4-8-19-10)13(16)11-6-2-3-7-12(11)14(17)18/h2-5,8,11-12H,6-7,9H2,1H3,(H,17,18). The quantitative estimate of drug-likeness (QED) is 0.861. The minimum atomic E-state index is -0.882. The molecule has 1 N–H and O–H groups in total. The largest absolute Gasteiger partial charge is 0.481 e. The number of rotatable bonds is 4. The van der Waals surface area contributed by atoms with Crippen LogP contribution in [0.25, 0.3) is 0 Å². The number of carbonyl (C=O) groups is 2. The van der Waals surface area contributed by atoms with E-state index in [1.165, 1.54) is 0 Å². The molecule has 1 amide bonds. The highest BCUT2D eigenvalue weighted by molar-refractivity contribution is 7.09. The Bertz CT molecular complexity index is 481. The van der Waals surface area contributed by atoms with E-state index in [2.05, 4.69) is 0 Å². The molecule has 1 aliphatic rings. The lowest BCUT2D eigenvalue weighted by atomic mass is 9.82. The summed E-state index contributed by atoms with van der Waals surface area (Å²) in [5.74, 6) is -1.99. The third kappa shape index (κ3) is 3.23. The summed E-state index contributed by atoms with van der Waals surface area (Å²) < 4.78 is 0. The summed E-state index contributed by atoms with van der Waals surface area (Å²) in [4.78, 5) is 26.3. The van der Waals surface area contributed by atoms with E-state index in [1.807, 2.05) is 29.7 Å². The van der Waals surface area contributed by atoms with Gasteiger partial charge in [0.1, 0.15) is 0 Å². The molecule has 4 nitrogen and oxygen atoms in total. The number of thiophene rings is 1. The second-order valence-corrected chi connectivity index (χ2v) is 5.80. The molecule has 102 valence electrons. The monoisotopic (exact) mass is 279 g/mol. The lowest BCUT2D eigenvalue weighted by Crippen LogP contribution is -2.39. The SMILES string of the molecule is CN(Cc1cccs1)C(=O)C1CC=CCC1C(=O)O. The highest BCUT2D eigenvalue weighted by Gasteiger charge is 2.35. The molecule has 5 heteroatoms. The number of carbonyl (C=O) groups excluding carboxylic acids is 1. The van der Waals surface area contributed by atoms with Gasteiger partial charge < -0.3 is 10.0 Å². The molecular formula is C14H17NO3S. The first-order chi connectivity index (χ1) is 9.09. The van der Waals surface area contributed by atoms with Gasteiger partial charge in [0.2, 0.25) is 5.91 Å². The molecule has 2 unspecified atom stereocenters. The van der Waals surface area contributed by atoms with Crippen molar-refractivity contribution in [3.05, 3.63) is 34.5 Å². The number of amides is 1. The topological polar surface area (TPSA) is 57.6 Å². The van der Waals surface area contributed by atoms with Crippen molar-refractivity contribution in [1.82, 2.24) is 4.90 Å². The normalized spacial score (nSPS) is 22.2. The van der Waals surface area contributed by atoms with Crippen LogP contribution in [0.3, 0.4) is 0 Å². The van der Waals surface area contributed by atoms with E-state index in [-0.39, 0.29) is 5.91 Å². The maximum atomic E-state index is 12.4. The summed E-state index contributed by atoms with van der Waals surface area (Å²) in [7, 11) is 1.74. The summed E-state index contributed by atoms with van der Waals surface area (Å²) in [5, 5.41) is 11.2. The van der Waals surface area contributed by atoms with Gasteiger partial charge in [-0.2, -0.15) is 0 Å². The van der Waals surface area contributed by atoms with Crippen molar-refractivity contribution in [1.29, 1.82) is 0 Å². The Kier molecular flexibility index (Phi) is 4.37. The Balaban J connectivity index is 2.05. The van der Waals surface area contributed by atoms with Gasteiger partial charge in [-0.1, -0.05) is 18.2 Å². The predicted molar refractivity (Wildman–Crippen MR) is 73.8 cm³/mol. The Labute approximate surface area is 116 Å². The fourth-order valence-electron chi connectivity index (χ4n) is 2.36. The number of hydrogen-bond donors (Lipinski definition) is 1. The molecule has 0 fully saturated rings. The molecule has 1 aromatic rings. The van der Waals surface area contributed by atoms with Gasteiger partial charge in [0, 0.05) is 11.9 Å². The van der Waals surface area contributed by atoms with Crippen LogP contribution >= 0.6 is 11.3 Å². The second-order valence-electron chi connectivity index (χ2n) is 4.77. The third-order valence-electron chi connectivity index (χ3n) is 3.42. The predicted octanol–water partition coefficient (Wildman–Crippen LogP) is 2.37. The molecule has 19 heavy (non-hydrogen) atoms. The minimum Gasteiger partial charge on any atom is -0.481 e. The van der Waals surface area contributed by atoms with Crippen molar-refractivity contribution >= 4 is 23.2 Å². The van der Waals surface area contributed by atoms with Crippen LogP contribution < -0.4 is 0 Å². The number of allylic oxidation sites excluding steroid dienone is 2. The van der Waals surface area contributed by atoms with Gasteiger partial charge in [0.25, 0.3) is 0 Å². The molecule has 2 atom stereocenters. The first-order valence-electron chi connectivity index (χ1n) is 6.24. The summed E-state index contributed by atoms with van der Waals surface area (Å²) in [6, 6.07) is 3.92. The van der Waals surface area contributed by atoms with Crippen molar-refractivity contribution in [3.63, 3.8) is 0 Å². The van der Waals surface area contributed by atoms with Gasteiger partial charge in [0.05, 0.1) is 18.4 Å². The Morgan fingerprint density at radius 1 is 1.37 bits per heavy atom. The molecule has 0 aliphatic heterocycles. The highest BCUT2D eigenvalue weighted by Crippen LogP contribution is 2.28. The van der Waals surface area contributed by atoms with Crippen LogP contribution in [0.1, 0.15) is 17.7 Å². The first kappa shape index (κ1) is 13.8. The number of aliphatic carboxylic acids is 1. The lowest BCUT2D eigenvalue weighted by molar-refractivity contribution is -0.150. The molecule has 1 aliphatic carbocycles. The van der Waals surface area contributed by atoms with E-state index in [9.17, 15) is 14.7 Å². The number of hydrogen-bond acceptors (Lipinski definition) is 3. The van der Waals surface area contributed by atoms with Crippen molar-refractivity contribution in [2.75, 3.05) is 7.05 Å². The third-order valence-corrected chi connectivity index (χ3v) is 4.28. The fourth-order valence-corrected chi connectivity index (χ4v) is 3.11. The van der Waals surface area contributed by atoms with Crippen molar-refractivity contribution < 1.29 is 14.7 Å². The molecule has 0 aromatic carbocycles. The van der Waals surface area contributed by atoms with E-state index in [1.54, 1.807) is 23.3 Å². The average molecular weight is 279 g/mol. The molecule has 0 spiro atoms. The molecule has 0 bridgehead atoms. The Morgan fingerprint density at radius 2 is 2.05 bits per heavy atom. The Morgan fingerprint density at radius 3 is 2.63 bits per heavy atom. The van der Waals surface area contributed by atoms with Gasteiger partial charge in [-0.15, -0.1) is 11.3 Å². The van der Waals surface area contributed by atoms with E-state index in [4.69, 9.17) is 0 Å². The zero-order chi connectivity index (χ0) is 13.8. The smallest absolute Gasteiger partial charge is 0.307 e. The van der Waals surface area contributed by atoms with Crippen LogP contribution in [0.5, 0.6) is 0 Å². The van der Waals surface area contributed by atoms with Crippen molar-refractivity contribution in [2.45, 2.75) is 19.4 Å². The second kappa shape index (κ2) is 6.02. The fraction of sp³-hybridized carbons (Fsp3) is 0.429. The van der Waals surface area contributed by atoms with Gasteiger partial charge in [-0.25, -0.2) is 0 Å². The van der Waals surface area contributed by atoms with Crippen LogP contribution in [0.2, 0.25) is 0 Å². The van der Waals surface area contributed by atoms with Gasteiger partial charge in [0.15, 0.2) is 0 Å². The van der Waals surface area contributed by atoms with E-state index in [0.717, 1.165) is 4.88 Å². The molecular weight excluding hydrogens is 262 g/mol. The van der Waals surface area contributed by atoms with Crippen LogP contribution in [0, 0.1) is 11.8 Å². The number of nitrogens with zero attached hydrogens (tertiary/aromatic N) is 1. The van der Waals surface area contributed by atoms with Gasteiger partial charge >= 0.3 is 5.97 Å². The molecule has 1 heterocycles. The average Bonchev–Trinajstić information content (AvgIpc) is 2.90. The summed E-state index contributed by atoms with van der Waals surface area (Å²) in [5.41, 5.74) is 0. The van der Waals surface area contributed by atoms with E-state index in [0.29, 0.717) is 19.4 Å². The van der Waals surface area contributed by atoms with E-state index >= 15 is 0 Å². The molecule has 0 saturated heterocycles. The van der Waals surface area contributed by atoms with Crippen LogP contribution in [-0.2, 0) is 16.1 Å². The summed E-state index contributed by atoms with van der Waals surface area (Å²) in [6.07, 6.45) is 4.71. The van der Waals surface area contributed by atoms with Crippen LogP contribution in [-0.4, -0.2) is 28.9 Å². The molecule has 2 rings (SSSR count).